The molecule has 0 amide bonds. The van der Waals surface area contributed by atoms with Crippen molar-refractivity contribution in [2.45, 2.75) is 31.3 Å². The highest BCUT2D eigenvalue weighted by molar-refractivity contribution is 7.72. The highest BCUT2D eigenvalue weighted by atomic mass is 32.2. The number of phenols is 1. The second kappa shape index (κ2) is 10.8. The summed E-state index contributed by atoms with van der Waals surface area (Å²) in [6, 6.07) is 13.3. The van der Waals surface area contributed by atoms with E-state index in [4.69, 9.17) is 4.42 Å². The van der Waals surface area contributed by atoms with Gasteiger partial charge < -0.3 is 18.8 Å². The molecule has 15 heteroatoms. The molecule has 0 fully saturated rings. The van der Waals surface area contributed by atoms with Crippen LogP contribution in [0, 0.1) is 13.8 Å². The Kier molecular flexibility index (Phi) is 7.46. The van der Waals surface area contributed by atoms with Gasteiger partial charge in [-0.15, -0.1) is 13.2 Å². The van der Waals surface area contributed by atoms with Crippen LogP contribution in [0.1, 0.15) is 17.4 Å². The van der Waals surface area contributed by atoms with Crippen LogP contribution in [0.5, 0.6) is 11.5 Å². The summed E-state index contributed by atoms with van der Waals surface area (Å²) < 4.78 is 113. The average Bonchev–Trinajstić information content (AvgIpc) is 3.50. The number of thiol groups is 1. The number of benzene rings is 3. The fourth-order valence-corrected chi connectivity index (χ4v) is 4.91. The fraction of sp³-hybridized carbons (Fsp3) is 0.143. The maximum Gasteiger partial charge on any atom is 0.573 e. The summed E-state index contributed by atoms with van der Waals surface area (Å²) >= 11 is 0. The number of rotatable bonds is 6. The van der Waals surface area contributed by atoms with Crippen LogP contribution in [0.4, 0.5) is 26.3 Å². The summed E-state index contributed by atoms with van der Waals surface area (Å²) in [5.41, 5.74) is -0.0163. The van der Waals surface area contributed by atoms with Crippen molar-refractivity contribution in [2.75, 3.05) is 0 Å². The van der Waals surface area contributed by atoms with E-state index in [1.807, 2.05) is 0 Å². The standard InChI is InChI=1S/C28H19F6N3O5S/c1-14-35-24(27(29,30)31)13-37(14)22-9-6-17(16-4-3-5-19(10-16)43(39)40)11-21(22)26-25(36-15(2)41-26)20-8-7-18(12-23(20)38)42-28(32,33)34/h3-13,38,43H,1-2H3. The van der Waals surface area contributed by atoms with Crippen molar-refractivity contribution >= 4 is 10.7 Å². The molecule has 0 aliphatic carbocycles. The molecule has 0 aliphatic heterocycles. The van der Waals surface area contributed by atoms with E-state index >= 15 is 0 Å². The van der Waals surface area contributed by atoms with Gasteiger partial charge in [-0.25, -0.2) is 18.4 Å². The summed E-state index contributed by atoms with van der Waals surface area (Å²) in [5, 5.41) is 10.6. The van der Waals surface area contributed by atoms with Crippen LogP contribution in [0.3, 0.4) is 0 Å². The molecule has 8 nitrogen and oxygen atoms in total. The SMILES string of the molecule is Cc1nc(-c2ccc(OC(F)(F)F)cc2O)c(-c2cc(-c3cccc([SH](=O)=O)c3)ccc2-n2cc(C(F)(F)F)nc2C)o1. The molecule has 2 aromatic heterocycles. The monoisotopic (exact) mass is 623 g/mol. The van der Waals surface area contributed by atoms with Crippen LogP contribution in [0.15, 0.2) is 76.2 Å². The number of imidazole rings is 1. The molecule has 0 bridgehead atoms. The number of aromatic nitrogens is 3. The highest BCUT2D eigenvalue weighted by Gasteiger charge is 2.35. The van der Waals surface area contributed by atoms with Crippen LogP contribution in [0.25, 0.3) is 39.4 Å². The lowest BCUT2D eigenvalue weighted by atomic mass is 9.98. The Hall–Kier alpha value is -4.79. The predicted molar refractivity (Wildman–Crippen MR) is 141 cm³/mol. The number of hydrogen-bond donors (Lipinski definition) is 2. The Morgan fingerprint density at radius 2 is 1.60 bits per heavy atom. The third-order valence-corrected chi connectivity index (χ3v) is 6.96. The number of nitrogens with zero attached hydrogens (tertiary/aromatic N) is 3. The summed E-state index contributed by atoms with van der Waals surface area (Å²) in [6.07, 6.45) is -8.96. The third-order valence-electron chi connectivity index (χ3n) is 6.26. The second-order valence-electron chi connectivity index (χ2n) is 9.22. The fourth-order valence-electron chi connectivity index (χ4n) is 4.46. The first kappa shape index (κ1) is 29.7. The molecule has 0 saturated carbocycles. The van der Waals surface area contributed by atoms with Crippen molar-refractivity contribution in [3.8, 4) is 50.9 Å². The van der Waals surface area contributed by atoms with E-state index in [0.717, 1.165) is 24.4 Å². The maximum atomic E-state index is 13.5. The highest BCUT2D eigenvalue weighted by Crippen LogP contribution is 2.43. The molecule has 43 heavy (non-hydrogen) atoms. The van der Waals surface area contributed by atoms with Gasteiger partial charge in [0.1, 0.15) is 23.0 Å². The molecule has 0 atom stereocenters. The Morgan fingerprint density at radius 1 is 0.884 bits per heavy atom. The van der Waals surface area contributed by atoms with E-state index in [9.17, 15) is 39.9 Å². The number of aromatic hydroxyl groups is 1. The molecule has 1 N–H and O–H groups in total. The lowest BCUT2D eigenvalue weighted by molar-refractivity contribution is -0.274. The first-order chi connectivity index (χ1) is 20.1. The first-order valence-electron chi connectivity index (χ1n) is 12.2. The van der Waals surface area contributed by atoms with Crippen LogP contribution in [-0.2, 0) is 16.9 Å². The minimum absolute atomic E-state index is 0.0269. The van der Waals surface area contributed by atoms with Crippen molar-refractivity contribution in [3.63, 3.8) is 0 Å². The Labute approximate surface area is 240 Å². The van der Waals surface area contributed by atoms with Gasteiger partial charge in [-0.3, -0.25) is 0 Å². The van der Waals surface area contributed by atoms with E-state index < -0.39 is 40.4 Å². The number of aryl methyl sites for hydroxylation is 2. The molecule has 2 heterocycles. The van der Waals surface area contributed by atoms with Gasteiger partial charge in [0.25, 0.3) is 0 Å². The molecule has 0 aliphatic rings. The van der Waals surface area contributed by atoms with Gasteiger partial charge in [-0.2, -0.15) is 13.2 Å². The van der Waals surface area contributed by atoms with Crippen molar-refractivity contribution < 1.29 is 49.0 Å². The normalized spacial score (nSPS) is 12.2. The summed E-state index contributed by atoms with van der Waals surface area (Å²) in [6.45, 7) is 2.83. The number of ether oxygens (including phenoxy) is 1. The molecule has 0 spiro atoms. The number of oxazole rings is 1. The molecule has 5 aromatic rings. The minimum atomic E-state index is -5.01. The smallest absolute Gasteiger partial charge is 0.507 e. The zero-order valence-electron chi connectivity index (χ0n) is 22.0. The zero-order valence-corrected chi connectivity index (χ0v) is 22.9. The average molecular weight is 624 g/mol. The quantitative estimate of drug-likeness (QED) is 0.154. The predicted octanol–water partition coefficient (Wildman–Crippen LogP) is 7.07. The summed E-state index contributed by atoms with van der Waals surface area (Å²) in [7, 11) is -2.91. The maximum absolute atomic E-state index is 13.5. The van der Waals surface area contributed by atoms with E-state index in [2.05, 4.69) is 14.7 Å². The molecule has 3 aromatic carbocycles. The molecule has 224 valence electrons. The first-order valence-corrected chi connectivity index (χ1v) is 13.4. The summed E-state index contributed by atoms with van der Waals surface area (Å²) in [5.74, 6) is -1.33. The van der Waals surface area contributed by atoms with Gasteiger partial charge >= 0.3 is 12.5 Å². The molecule has 5 rings (SSSR count). The van der Waals surface area contributed by atoms with Crippen molar-refractivity contribution in [3.05, 3.63) is 84.3 Å². The van der Waals surface area contributed by atoms with Crippen molar-refractivity contribution in [2.24, 2.45) is 0 Å². The van der Waals surface area contributed by atoms with Gasteiger partial charge in [0.2, 0.25) is 0 Å². The topological polar surface area (TPSA) is 107 Å². The minimum Gasteiger partial charge on any atom is -0.507 e. The number of halogens is 6. The lowest BCUT2D eigenvalue weighted by Crippen LogP contribution is -2.17. The molecule has 0 unspecified atom stereocenters. The largest absolute Gasteiger partial charge is 0.573 e. The van der Waals surface area contributed by atoms with Gasteiger partial charge in [0.05, 0.1) is 10.6 Å². The molecular weight excluding hydrogens is 604 g/mol. The number of phenolic OH excluding ortho intramolecular Hbond substituents is 1. The Balaban J connectivity index is 1.74. The van der Waals surface area contributed by atoms with Crippen molar-refractivity contribution in [1.82, 2.24) is 14.5 Å². The molecular formula is C28H19F6N3O5S. The van der Waals surface area contributed by atoms with E-state index in [-0.39, 0.29) is 44.9 Å². The van der Waals surface area contributed by atoms with Gasteiger partial charge in [0.15, 0.2) is 28.0 Å². The van der Waals surface area contributed by atoms with Gasteiger partial charge in [-0.05, 0) is 54.4 Å². The lowest BCUT2D eigenvalue weighted by Gasteiger charge is -2.15. The zero-order chi connectivity index (χ0) is 31.3. The van der Waals surface area contributed by atoms with E-state index in [0.29, 0.717) is 11.1 Å². The van der Waals surface area contributed by atoms with E-state index in [1.54, 1.807) is 12.1 Å². The summed E-state index contributed by atoms with van der Waals surface area (Å²) in [4.78, 5) is 7.94. The molecule has 0 saturated heterocycles. The van der Waals surface area contributed by atoms with E-state index in [1.165, 1.54) is 48.7 Å². The van der Waals surface area contributed by atoms with Crippen LogP contribution in [0.2, 0.25) is 0 Å². The van der Waals surface area contributed by atoms with Gasteiger partial charge in [-0.1, -0.05) is 18.2 Å². The van der Waals surface area contributed by atoms with Crippen molar-refractivity contribution in [1.29, 1.82) is 0 Å². The third kappa shape index (κ3) is 6.21. The molecule has 0 radical (unpaired) electrons. The van der Waals surface area contributed by atoms with Gasteiger partial charge in [0, 0.05) is 30.3 Å². The van der Waals surface area contributed by atoms with Crippen LogP contribution in [-0.4, -0.2) is 34.4 Å². The van der Waals surface area contributed by atoms with Crippen LogP contribution >= 0.6 is 0 Å². The number of hydrogen-bond acceptors (Lipinski definition) is 7. The van der Waals surface area contributed by atoms with Crippen LogP contribution < -0.4 is 4.74 Å². The second-order valence-corrected chi connectivity index (χ2v) is 10.2. The number of alkyl halides is 6. The Bertz CT molecular complexity index is 1920. The Morgan fingerprint density at radius 3 is 2.23 bits per heavy atom.